The Hall–Kier alpha value is -1.85. The third-order valence-electron chi connectivity index (χ3n) is 4.17. The first-order valence-corrected chi connectivity index (χ1v) is 7.81. The third-order valence-corrected chi connectivity index (χ3v) is 4.54. The second kappa shape index (κ2) is 6.50. The number of halogens is 1. The van der Waals surface area contributed by atoms with Gasteiger partial charge in [0.2, 0.25) is 0 Å². The molecule has 1 aromatic carbocycles. The fourth-order valence-corrected chi connectivity index (χ4v) is 2.95. The Morgan fingerprint density at radius 1 is 1.41 bits per heavy atom. The lowest BCUT2D eigenvalue weighted by atomic mass is 9.99. The van der Waals surface area contributed by atoms with Crippen molar-refractivity contribution in [1.82, 2.24) is 15.1 Å². The molecular formula is C16H19ClN4O. The summed E-state index contributed by atoms with van der Waals surface area (Å²) in [5.74, 6) is 0. The minimum Gasteiger partial charge on any atom is -0.381 e. The van der Waals surface area contributed by atoms with Crippen LogP contribution in [0.3, 0.4) is 0 Å². The molecule has 0 fully saturated rings. The maximum Gasteiger partial charge on any atom is 0.285 e. The van der Waals surface area contributed by atoms with Gasteiger partial charge in [-0.1, -0.05) is 35.9 Å². The van der Waals surface area contributed by atoms with Gasteiger partial charge in [-0.25, -0.2) is 5.10 Å². The number of fused-ring (bicyclic) bond motifs is 1. The van der Waals surface area contributed by atoms with Gasteiger partial charge < -0.3 is 5.32 Å². The van der Waals surface area contributed by atoms with Gasteiger partial charge in [0.05, 0.1) is 11.9 Å². The largest absolute Gasteiger partial charge is 0.381 e. The van der Waals surface area contributed by atoms with E-state index in [1.807, 2.05) is 0 Å². The quantitative estimate of drug-likeness (QED) is 0.908. The second-order valence-electron chi connectivity index (χ2n) is 5.65. The van der Waals surface area contributed by atoms with Crippen molar-refractivity contribution in [3.63, 3.8) is 0 Å². The van der Waals surface area contributed by atoms with Crippen LogP contribution < -0.4 is 10.9 Å². The monoisotopic (exact) mass is 318 g/mol. The zero-order valence-electron chi connectivity index (χ0n) is 12.5. The lowest BCUT2D eigenvalue weighted by molar-refractivity contribution is 0.198. The van der Waals surface area contributed by atoms with Gasteiger partial charge in [-0.05, 0) is 24.5 Å². The van der Waals surface area contributed by atoms with Crippen molar-refractivity contribution in [1.29, 1.82) is 0 Å². The van der Waals surface area contributed by atoms with Gasteiger partial charge in [-0.2, -0.15) is 5.10 Å². The Morgan fingerprint density at radius 3 is 3.00 bits per heavy atom. The van der Waals surface area contributed by atoms with E-state index in [9.17, 15) is 4.79 Å². The van der Waals surface area contributed by atoms with Crippen LogP contribution in [0.15, 0.2) is 35.3 Å². The number of aromatic nitrogens is 2. The van der Waals surface area contributed by atoms with Crippen molar-refractivity contribution in [3.8, 4) is 0 Å². The van der Waals surface area contributed by atoms with E-state index in [-0.39, 0.29) is 10.6 Å². The molecule has 1 atom stereocenters. The summed E-state index contributed by atoms with van der Waals surface area (Å²) in [5, 5.41) is 9.46. The summed E-state index contributed by atoms with van der Waals surface area (Å²) in [4.78, 5) is 13.9. The fraction of sp³-hybridized carbons (Fsp3) is 0.375. The summed E-state index contributed by atoms with van der Waals surface area (Å²) in [6.45, 7) is 4.89. The Kier molecular flexibility index (Phi) is 4.45. The summed E-state index contributed by atoms with van der Waals surface area (Å²) in [6, 6.07) is 8.92. The van der Waals surface area contributed by atoms with Gasteiger partial charge in [-0.3, -0.25) is 9.69 Å². The first kappa shape index (κ1) is 15.1. The molecule has 2 heterocycles. The zero-order valence-corrected chi connectivity index (χ0v) is 13.2. The summed E-state index contributed by atoms with van der Waals surface area (Å²) in [5.41, 5.74) is 3.05. The van der Waals surface area contributed by atoms with Crippen LogP contribution in [0, 0.1) is 0 Å². The van der Waals surface area contributed by atoms with E-state index in [1.165, 1.54) is 11.1 Å². The topological polar surface area (TPSA) is 61.0 Å². The molecule has 3 rings (SSSR count). The van der Waals surface area contributed by atoms with Gasteiger partial charge in [0.15, 0.2) is 0 Å². The van der Waals surface area contributed by atoms with Gasteiger partial charge in [0, 0.05) is 25.7 Å². The molecule has 0 unspecified atom stereocenters. The third kappa shape index (κ3) is 3.15. The maximum absolute atomic E-state index is 11.4. The van der Waals surface area contributed by atoms with E-state index in [1.54, 1.807) is 6.20 Å². The Balaban J connectivity index is 1.62. The van der Waals surface area contributed by atoms with Crippen LogP contribution in [-0.2, 0) is 13.0 Å². The van der Waals surface area contributed by atoms with Gasteiger partial charge in [0.1, 0.15) is 5.02 Å². The van der Waals surface area contributed by atoms with Crippen LogP contribution in [0.2, 0.25) is 5.02 Å². The van der Waals surface area contributed by atoms with Crippen LogP contribution >= 0.6 is 11.6 Å². The zero-order chi connectivity index (χ0) is 15.5. The molecule has 0 saturated heterocycles. The lowest BCUT2D eigenvalue weighted by Gasteiger charge is -2.34. The van der Waals surface area contributed by atoms with Gasteiger partial charge in [0.25, 0.3) is 5.56 Å². The molecule has 0 bridgehead atoms. The Morgan fingerprint density at radius 2 is 2.18 bits per heavy atom. The van der Waals surface area contributed by atoms with E-state index in [0.717, 1.165) is 19.5 Å². The van der Waals surface area contributed by atoms with Crippen molar-refractivity contribution in [2.75, 3.05) is 18.4 Å². The number of hydrogen-bond donors (Lipinski definition) is 2. The number of H-pyrrole nitrogens is 1. The molecule has 5 nitrogen and oxygen atoms in total. The molecule has 1 aliphatic rings. The molecular weight excluding hydrogens is 300 g/mol. The fourth-order valence-electron chi connectivity index (χ4n) is 2.79. The summed E-state index contributed by atoms with van der Waals surface area (Å²) < 4.78 is 0. The van der Waals surface area contributed by atoms with Crippen LogP contribution in [0.1, 0.15) is 18.1 Å². The number of nitrogens with zero attached hydrogens (tertiary/aromatic N) is 2. The van der Waals surface area contributed by atoms with E-state index in [2.05, 4.69) is 51.6 Å². The number of aromatic amines is 1. The van der Waals surface area contributed by atoms with Crippen LogP contribution in [0.4, 0.5) is 5.69 Å². The molecule has 1 aromatic heterocycles. The van der Waals surface area contributed by atoms with E-state index >= 15 is 0 Å². The summed E-state index contributed by atoms with van der Waals surface area (Å²) in [6.07, 6.45) is 2.62. The lowest BCUT2D eigenvalue weighted by Crippen LogP contribution is -2.41. The molecule has 22 heavy (non-hydrogen) atoms. The number of anilines is 1. The molecule has 116 valence electrons. The molecule has 2 aromatic rings. The molecule has 0 radical (unpaired) electrons. The summed E-state index contributed by atoms with van der Waals surface area (Å²) >= 11 is 5.97. The van der Waals surface area contributed by atoms with Crippen LogP contribution in [-0.4, -0.2) is 34.2 Å². The molecule has 0 saturated carbocycles. The second-order valence-corrected chi connectivity index (χ2v) is 6.02. The predicted molar refractivity (Wildman–Crippen MR) is 88.4 cm³/mol. The first-order chi connectivity index (χ1) is 10.6. The molecule has 0 amide bonds. The van der Waals surface area contributed by atoms with E-state index in [0.29, 0.717) is 18.3 Å². The Bertz CT molecular complexity index is 715. The molecule has 0 aliphatic carbocycles. The van der Waals surface area contributed by atoms with E-state index in [4.69, 9.17) is 11.6 Å². The maximum atomic E-state index is 11.4. The van der Waals surface area contributed by atoms with Crippen molar-refractivity contribution in [2.45, 2.75) is 25.9 Å². The van der Waals surface area contributed by atoms with Crippen molar-refractivity contribution in [2.24, 2.45) is 0 Å². The minimum absolute atomic E-state index is 0.159. The van der Waals surface area contributed by atoms with E-state index < -0.39 is 0 Å². The van der Waals surface area contributed by atoms with Crippen LogP contribution in [0.5, 0.6) is 0 Å². The number of benzene rings is 1. The van der Waals surface area contributed by atoms with Crippen molar-refractivity contribution in [3.05, 3.63) is 57.0 Å². The molecule has 1 aliphatic heterocycles. The molecule has 2 N–H and O–H groups in total. The highest BCUT2D eigenvalue weighted by Gasteiger charge is 2.20. The van der Waals surface area contributed by atoms with Crippen LogP contribution in [0.25, 0.3) is 0 Å². The van der Waals surface area contributed by atoms with Crippen molar-refractivity contribution >= 4 is 17.3 Å². The average Bonchev–Trinajstić information content (AvgIpc) is 2.55. The number of nitrogens with one attached hydrogen (secondary N) is 2. The summed E-state index contributed by atoms with van der Waals surface area (Å²) in [7, 11) is 0. The minimum atomic E-state index is -0.369. The average molecular weight is 319 g/mol. The smallest absolute Gasteiger partial charge is 0.285 e. The highest BCUT2D eigenvalue weighted by atomic mass is 35.5. The van der Waals surface area contributed by atoms with Crippen molar-refractivity contribution < 1.29 is 0 Å². The van der Waals surface area contributed by atoms with Gasteiger partial charge in [-0.15, -0.1) is 0 Å². The highest BCUT2D eigenvalue weighted by molar-refractivity contribution is 6.32. The number of hydrogen-bond acceptors (Lipinski definition) is 4. The first-order valence-electron chi connectivity index (χ1n) is 7.43. The highest BCUT2D eigenvalue weighted by Crippen LogP contribution is 2.21. The molecule has 6 heteroatoms. The normalized spacial score (nSPS) is 16.1. The van der Waals surface area contributed by atoms with Gasteiger partial charge >= 0.3 is 0 Å². The predicted octanol–water partition coefficient (Wildman–Crippen LogP) is 2.28. The standard InChI is InChI=1S/C16H19ClN4O/c1-11(8-18-14-9-19-20-16(22)15(14)17)21-7-6-12-4-2-3-5-13(12)10-21/h2-5,9,11H,6-8,10H2,1H3,(H2,18,20,22)/t11-/m1/s1. The number of rotatable bonds is 4. The molecule has 0 spiro atoms. The SMILES string of the molecule is C[C@H](CNc1cn[nH]c(=O)c1Cl)N1CCc2ccccc2C1. The Labute approximate surface area is 134 Å².